The maximum atomic E-state index is 4.40. The minimum atomic E-state index is 0.411. The zero-order valence-corrected chi connectivity index (χ0v) is 12.2. The first-order valence-corrected chi connectivity index (χ1v) is 7.72. The van der Waals surface area contributed by atoms with Gasteiger partial charge in [-0.25, -0.2) is 9.97 Å². The zero-order valence-electron chi connectivity index (χ0n) is 11.4. The van der Waals surface area contributed by atoms with Crippen molar-refractivity contribution in [2.75, 3.05) is 35.7 Å². The van der Waals surface area contributed by atoms with Gasteiger partial charge in [-0.2, -0.15) is 11.8 Å². The molecule has 0 aliphatic carbocycles. The number of nitrogens with zero attached hydrogens (tertiary/aromatic N) is 2. The lowest BCUT2D eigenvalue weighted by Gasteiger charge is -2.18. The molecule has 4 nitrogen and oxygen atoms in total. The first-order valence-electron chi connectivity index (χ1n) is 6.56. The molecule has 1 unspecified atom stereocenters. The summed E-state index contributed by atoms with van der Waals surface area (Å²) < 4.78 is 0. The van der Waals surface area contributed by atoms with Crippen LogP contribution in [-0.4, -0.2) is 35.1 Å². The summed E-state index contributed by atoms with van der Waals surface area (Å²) in [5.74, 6) is 5.68. The number of anilines is 2. The standard InChI is InChI=1S/C13H22N4S/c1-9(2)11-12(14-3)16-8-17-13(11)15-6-10-4-5-18-7-10/h8-10H,4-7H2,1-3H3,(H2,14,15,16,17). The number of hydrogen-bond donors (Lipinski definition) is 2. The van der Waals surface area contributed by atoms with Crippen LogP contribution in [0.25, 0.3) is 0 Å². The van der Waals surface area contributed by atoms with Crippen molar-refractivity contribution in [3.05, 3.63) is 11.9 Å². The predicted octanol–water partition coefficient (Wildman–Crippen LogP) is 2.81. The molecule has 1 aromatic rings. The van der Waals surface area contributed by atoms with Crippen LogP contribution >= 0.6 is 11.8 Å². The van der Waals surface area contributed by atoms with Gasteiger partial charge in [0.15, 0.2) is 0 Å². The van der Waals surface area contributed by atoms with E-state index in [1.807, 2.05) is 7.05 Å². The number of aromatic nitrogens is 2. The fourth-order valence-corrected chi connectivity index (χ4v) is 3.55. The first kappa shape index (κ1) is 13.5. The van der Waals surface area contributed by atoms with E-state index in [0.717, 1.165) is 24.1 Å². The predicted molar refractivity (Wildman–Crippen MR) is 79.6 cm³/mol. The van der Waals surface area contributed by atoms with Crippen LogP contribution in [0.4, 0.5) is 11.6 Å². The van der Waals surface area contributed by atoms with E-state index in [4.69, 9.17) is 0 Å². The third-order valence-corrected chi connectivity index (χ3v) is 4.51. The third-order valence-electron chi connectivity index (χ3n) is 3.28. The summed E-state index contributed by atoms with van der Waals surface area (Å²) in [5, 5.41) is 6.66. The van der Waals surface area contributed by atoms with E-state index in [0.29, 0.717) is 5.92 Å². The van der Waals surface area contributed by atoms with Crippen LogP contribution in [0, 0.1) is 5.92 Å². The van der Waals surface area contributed by atoms with E-state index in [1.165, 1.54) is 23.5 Å². The van der Waals surface area contributed by atoms with Gasteiger partial charge >= 0.3 is 0 Å². The smallest absolute Gasteiger partial charge is 0.134 e. The Morgan fingerprint density at radius 1 is 1.39 bits per heavy atom. The quantitative estimate of drug-likeness (QED) is 0.858. The number of nitrogens with one attached hydrogen (secondary N) is 2. The lowest BCUT2D eigenvalue weighted by Crippen LogP contribution is -2.16. The Labute approximate surface area is 113 Å². The molecule has 0 saturated carbocycles. The lowest BCUT2D eigenvalue weighted by molar-refractivity contribution is 0.629. The van der Waals surface area contributed by atoms with E-state index in [1.54, 1.807) is 6.33 Å². The molecule has 2 N–H and O–H groups in total. The highest BCUT2D eigenvalue weighted by Gasteiger charge is 2.18. The summed E-state index contributed by atoms with van der Waals surface area (Å²) in [5.41, 5.74) is 1.19. The molecule has 1 aromatic heterocycles. The van der Waals surface area contributed by atoms with Crippen molar-refractivity contribution in [2.24, 2.45) is 5.92 Å². The third kappa shape index (κ3) is 3.07. The van der Waals surface area contributed by atoms with Crippen molar-refractivity contribution in [3.8, 4) is 0 Å². The molecule has 0 bridgehead atoms. The van der Waals surface area contributed by atoms with E-state index in [9.17, 15) is 0 Å². The van der Waals surface area contributed by atoms with Gasteiger partial charge in [-0.15, -0.1) is 0 Å². The minimum absolute atomic E-state index is 0.411. The van der Waals surface area contributed by atoms with E-state index >= 15 is 0 Å². The largest absolute Gasteiger partial charge is 0.373 e. The molecule has 100 valence electrons. The van der Waals surface area contributed by atoms with E-state index < -0.39 is 0 Å². The van der Waals surface area contributed by atoms with E-state index in [-0.39, 0.29) is 0 Å². The maximum absolute atomic E-state index is 4.40. The highest BCUT2D eigenvalue weighted by atomic mass is 32.2. The Balaban J connectivity index is 2.10. The summed E-state index contributed by atoms with van der Waals surface area (Å²) in [7, 11) is 1.91. The van der Waals surface area contributed by atoms with Crippen LogP contribution in [0.2, 0.25) is 0 Å². The molecule has 5 heteroatoms. The molecule has 2 heterocycles. The molecular formula is C13H22N4S. The fraction of sp³-hybridized carbons (Fsp3) is 0.692. The highest BCUT2D eigenvalue weighted by Crippen LogP contribution is 2.29. The molecule has 0 amide bonds. The summed E-state index contributed by atoms with van der Waals surface area (Å²) in [6.45, 7) is 5.37. The SMILES string of the molecule is CNc1ncnc(NCC2CCSC2)c1C(C)C. The summed E-state index contributed by atoms with van der Waals surface area (Å²) in [4.78, 5) is 8.69. The monoisotopic (exact) mass is 266 g/mol. The Bertz CT molecular complexity index is 389. The molecule has 2 rings (SSSR count). The summed E-state index contributed by atoms with van der Waals surface area (Å²) >= 11 is 2.05. The Kier molecular flexibility index (Phi) is 4.69. The fourth-order valence-electron chi connectivity index (χ4n) is 2.27. The van der Waals surface area contributed by atoms with Gasteiger partial charge in [0, 0.05) is 19.2 Å². The van der Waals surface area contributed by atoms with Crippen LogP contribution in [0.5, 0.6) is 0 Å². The molecule has 1 saturated heterocycles. The molecule has 18 heavy (non-hydrogen) atoms. The van der Waals surface area contributed by atoms with Gasteiger partial charge in [0.2, 0.25) is 0 Å². The molecule has 0 aromatic carbocycles. The van der Waals surface area contributed by atoms with Crippen molar-refractivity contribution in [1.29, 1.82) is 0 Å². The van der Waals surface area contributed by atoms with Crippen molar-refractivity contribution in [2.45, 2.75) is 26.2 Å². The van der Waals surface area contributed by atoms with Crippen LogP contribution in [0.3, 0.4) is 0 Å². The summed E-state index contributed by atoms with van der Waals surface area (Å²) in [6, 6.07) is 0. The molecule has 1 aliphatic heterocycles. The number of thioether (sulfide) groups is 1. The van der Waals surface area contributed by atoms with Gasteiger partial charge < -0.3 is 10.6 Å². The topological polar surface area (TPSA) is 49.8 Å². The van der Waals surface area contributed by atoms with Crippen LogP contribution in [0.1, 0.15) is 31.7 Å². The van der Waals surface area contributed by atoms with Crippen molar-refractivity contribution in [1.82, 2.24) is 9.97 Å². The second-order valence-electron chi connectivity index (χ2n) is 5.00. The van der Waals surface area contributed by atoms with Crippen molar-refractivity contribution in [3.63, 3.8) is 0 Å². The van der Waals surface area contributed by atoms with Crippen LogP contribution in [-0.2, 0) is 0 Å². The average Bonchev–Trinajstić information content (AvgIpc) is 2.88. The van der Waals surface area contributed by atoms with Crippen LogP contribution in [0.15, 0.2) is 6.33 Å². The van der Waals surface area contributed by atoms with Gasteiger partial charge in [-0.05, 0) is 29.8 Å². The molecule has 0 spiro atoms. The zero-order chi connectivity index (χ0) is 13.0. The first-order chi connectivity index (χ1) is 8.72. The maximum Gasteiger partial charge on any atom is 0.134 e. The van der Waals surface area contributed by atoms with Gasteiger partial charge in [0.25, 0.3) is 0 Å². The Hall–Kier alpha value is -0.970. The van der Waals surface area contributed by atoms with Crippen LogP contribution < -0.4 is 10.6 Å². The molecule has 1 fully saturated rings. The van der Waals surface area contributed by atoms with Gasteiger partial charge in [0.05, 0.1) is 0 Å². The molecule has 1 aliphatic rings. The molecule has 1 atom stereocenters. The number of hydrogen-bond acceptors (Lipinski definition) is 5. The Morgan fingerprint density at radius 3 is 2.78 bits per heavy atom. The Morgan fingerprint density at radius 2 is 2.17 bits per heavy atom. The van der Waals surface area contributed by atoms with Gasteiger partial charge in [-0.1, -0.05) is 13.8 Å². The minimum Gasteiger partial charge on any atom is -0.373 e. The summed E-state index contributed by atoms with van der Waals surface area (Å²) in [6.07, 6.45) is 2.95. The number of rotatable bonds is 5. The molecular weight excluding hydrogens is 244 g/mol. The molecule has 0 radical (unpaired) electrons. The second-order valence-corrected chi connectivity index (χ2v) is 6.15. The van der Waals surface area contributed by atoms with Gasteiger partial charge in [-0.3, -0.25) is 0 Å². The van der Waals surface area contributed by atoms with Crippen molar-refractivity contribution < 1.29 is 0 Å². The second kappa shape index (κ2) is 6.27. The van der Waals surface area contributed by atoms with Crippen molar-refractivity contribution >= 4 is 23.4 Å². The van der Waals surface area contributed by atoms with Gasteiger partial charge in [0.1, 0.15) is 18.0 Å². The lowest BCUT2D eigenvalue weighted by atomic mass is 10.0. The highest BCUT2D eigenvalue weighted by molar-refractivity contribution is 7.99. The average molecular weight is 266 g/mol. The van der Waals surface area contributed by atoms with E-state index in [2.05, 4.69) is 46.2 Å². The normalized spacial score (nSPS) is 19.2.